The highest BCUT2D eigenvalue weighted by molar-refractivity contribution is 7.98. The van der Waals surface area contributed by atoms with Crippen molar-refractivity contribution < 1.29 is 0 Å². The number of thioether (sulfide) groups is 1. The van der Waals surface area contributed by atoms with Gasteiger partial charge in [0.15, 0.2) is 11.0 Å². The molecular weight excluding hydrogens is 372 g/mol. The molecule has 0 N–H and O–H groups in total. The second kappa shape index (κ2) is 7.21. The van der Waals surface area contributed by atoms with Crippen molar-refractivity contribution in [1.82, 2.24) is 15.0 Å². The minimum Gasteiger partial charge on any atom is -0.355 e. The third-order valence-corrected chi connectivity index (χ3v) is 7.55. The Balaban J connectivity index is 1.78. The van der Waals surface area contributed by atoms with Gasteiger partial charge in [-0.05, 0) is 62.3 Å². The zero-order valence-electron chi connectivity index (χ0n) is 16.2. The fourth-order valence-electron chi connectivity index (χ4n) is 4.60. The highest BCUT2D eigenvalue weighted by Gasteiger charge is 2.26. The van der Waals surface area contributed by atoms with E-state index in [1.165, 1.54) is 76.7 Å². The lowest BCUT2D eigenvalue weighted by Gasteiger charge is -2.17. The number of hydrogen-bond donors (Lipinski definition) is 0. The topological polar surface area (TPSA) is 41.9 Å². The number of rotatable bonds is 5. The first-order valence-electron chi connectivity index (χ1n) is 10.2. The van der Waals surface area contributed by atoms with E-state index < -0.39 is 0 Å². The van der Waals surface area contributed by atoms with E-state index in [9.17, 15) is 0 Å². The van der Waals surface area contributed by atoms with E-state index in [1.807, 2.05) is 11.3 Å². The maximum Gasteiger partial charge on any atom is 0.189 e. The fourth-order valence-corrected chi connectivity index (χ4v) is 6.14. The van der Waals surface area contributed by atoms with E-state index in [1.54, 1.807) is 11.8 Å². The second-order valence-corrected chi connectivity index (χ2v) is 9.43. The lowest BCUT2D eigenvalue weighted by Crippen LogP contribution is -2.19. The normalized spacial score (nSPS) is 16.7. The van der Waals surface area contributed by atoms with Crippen molar-refractivity contribution in [2.24, 2.45) is 0 Å². The number of anilines is 1. The first-order chi connectivity index (χ1) is 13.3. The quantitative estimate of drug-likeness (QED) is 0.425. The average molecular weight is 399 g/mol. The zero-order valence-corrected chi connectivity index (χ0v) is 17.8. The highest BCUT2D eigenvalue weighted by atomic mass is 32.2. The van der Waals surface area contributed by atoms with Gasteiger partial charge in [0.2, 0.25) is 0 Å². The Morgan fingerprint density at radius 1 is 1.04 bits per heavy atom. The minimum absolute atomic E-state index is 0.894. The third-order valence-electron chi connectivity index (χ3n) is 5.94. The summed E-state index contributed by atoms with van der Waals surface area (Å²) >= 11 is 3.47. The van der Waals surface area contributed by atoms with E-state index in [0.717, 1.165) is 36.0 Å². The highest BCUT2D eigenvalue weighted by Crippen LogP contribution is 2.43. The molecule has 1 aliphatic heterocycles. The van der Waals surface area contributed by atoms with Crippen LogP contribution in [0, 0.1) is 0 Å². The molecule has 0 amide bonds. The van der Waals surface area contributed by atoms with Crippen LogP contribution in [0.15, 0.2) is 5.16 Å². The van der Waals surface area contributed by atoms with E-state index in [-0.39, 0.29) is 0 Å². The van der Waals surface area contributed by atoms with Crippen LogP contribution >= 0.6 is 23.1 Å². The van der Waals surface area contributed by atoms with Crippen LogP contribution in [-0.2, 0) is 19.3 Å². The molecule has 4 nitrogen and oxygen atoms in total. The zero-order chi connectivity index (χ0) is 18.4. The van der Waals surface area contributed by atoms with Crippen molar-refractivity contribution in [3.8, 4) is 0 Å². The first-order valence-corrected chi connectivity index (χ1v) is 12.3. The number of hydrogen-bond acceptors (Lipinski definition) is 6. The van der Waals surface area contributed by atoms with Crippen LogP contribution in [0.4, 0.5) is 5.82 Å². The number of thiophene rings is 1. The summed E-state index contributed by atoms with van der Waals surface area (Å²) in [6.07, 6.45) is 11.8. The Bertz CT molecular complexity index is 1000. The lowest BCUT2D eigenvalue weighted by molar-refractivity contribution is 0.770. The van der Waals surface area contributed by atoms with Crippen LogP contribution < -0.4 is 4.90 Å². The van der Waals surface area contributed by atoms with Gasteiger partial charge in [-0.15, -0.1) is 11.3 Å². The predicted molar refractivity (Wildman–Crippen MR) is 117 cm³/mol. The molecule has 0 atom stereocenters. The summed E-state index contributed by atoms with van der Waals surface area (Å²) in [6, 6.07) is 0. The third kappa shape index (κ3) is 2.92. The smallest absolute Gasteiger partial charge is 0.189 e. The van der Waals surface area contributed by atoms with E-state index >= 15 is 0 Å². The molecule has 0 spiro atoms. The van der Waals surface area contributed by atoms with Gasteiger partial charge >= 0.3 is 0 Å². The molecule has 27 heavy (non-hydrogen) atoms. The number of nitrogens with zero attached hydrogens (tertiary/aromatic N) is 4. The molecule has 0 aromatic carbocycles. The van der Waals surface area contributed by atoms with Crippen LogP contribution in [0.5, 0.6) is 0 Å². The maximum atomic E-state index is 5.17. The number of aromatic nitrogens is 3. The molecule has 3 aromatic rings. The van der Waals surface area contributed by atoms with Crippen molar-refractivity contribution in [3.63, 3.8) is 0 Å². The molecule has 6 heteroatoms. The van der Waals surface area contributed by atoms with Crippen LogP contribution in [0.25, 0.3) is 20.4 Å². The van der Waals surface area contributed by atoms with Crippen molar-refractivity contribution in [1.29, 1.82) is 0 Å². The van der Waals surface area contributed by atoms with Crippen LogP contribution in [-0.4, -0.2) is 34.3 Å². The molecule has 142 valence electrons. The molecule has 5 rings (SSSR count). The van der Waals surface area contributed by atoms with Crippen LogP contribution in [0.1, 0.15) is 55.8 Å². The molecular formula is C21H26N4S2. The minimum atomic E-state index is 0.894. The van der Waals surface area contributed by atoms with Gasteiger partial charge < -0.3 is 4.90 Å². The SMILES string of the molecule is CCCCc1nc2sc3c(N4CCCC4)nc(SC)nc3c2c2c1CCC2. The fraction of sp³-hybridized carbons (Fsp3) is 0.571. The van der Waals surface area contributed by atoms with Gasteiger partial charge in [-0.2, -0.15) is 0 Å². The van der Waals surface area contributed by atoms with E-state index in [4.69, 9.17) is 15.0 Å². The summed E-state index contributed by atoms with van der Waals surface area (Å²) in [5.74, 6) is 1.15. The molecule has 0 saturated carbocycles. The number of aryl methyl sites for hydroxylation is 2. The van der Waals surface area contributed by atoms with Crippen molar-refractivity contribution >= 4 is 49.3 Å². The Kier molecular flexibility index (Phi) is 4.72. The van der Waals surface area contributed by atoms with Gasteiger partial charge in [-0.25, -0.2) is 15.0 Å². The maximum absolute atomic E-state index is 5.17. The van der Waals surface area contributed by atoms with E-state index in [0.29, 0.717) is 0 Å². The van der Waals surface area contributed by atoms with Crippen molar-refractivity contribution in [3.05, 3.63) is 16.8 Å². The molecule has 4 heterocycles. The number of pyridine rings is 1. The Labute approximate surface area is 168 Å². The van der Waals surface area contributed by atoms with E-state index in [2.05, 4.69) is 18.1 Å². The van der Waals surface area contributed by atoms with Crippen LogP contribution in [0.2, 0.25) is 0 Å². The Morgan fingerprint density at radius 2 is 1.85 bits per heavy atom. The molecule has 0 bridgehead atoms. The van der Waals surface area contributed by atoms with Gasteiger partial charge in [0.1, 0.15) is 4.83 Å². The summed E-state index contributed by atoms with van der Waals surface area (Å²) in [7, 11) is 0. The standard InChI is InChI=1S/C21H26N4S2/c1-3-4-10-15-13-8-7-9-14(13)16-17-18(27-20(16)22-15)19(24-21(23-17)26-2)25-11-5-6-12-25/h3-12H2,1-2H3. The molecule has 0 radical (unpaired) electrons. The largest absolute Gasteiger partial charge is 0.355 e. The van der Waals surface area contributed by atoms with Gasteiger partial charge in [0.05, 0.1) is 10.2 Å². The summed E-state index contributed by atoms with van der Waals surface area (Å²) < 4.78 is 1.25. The second-order valence-electron chi connectivity index (χ2n) is 7.66. The molecule has 1 aliphatic carbocycles. The van der Waals surface area contributed by atoms with Gasteiger partial charge in [0.25, 0.3) is 0 Å². The molecule has 3 aromatic heterocycles. The van der Waals surface area contributed by atoms with Gasteiger partial charge in [-0.3, -0.25) is 0 Å². The molecule has 2 aliphatic rings. The molecule has 1 saturated heterocycles. The predicted octanol–water partition coefficient (Wildman–Crippen LogP) is 5.39. The van der Waals surface area contributed by atoms with Gasteiger partial charge in [-0.1, -0.05) is 25.1 Å². The number of unbranched alkanes of at least 4 members (excludes halogenated alkanes) is 1. The van der Waals surface area contributed by atoms with Crippen molar-refractivity contribution in [2.75, 3.05) is 24.2 Å². The van der Waals surface area contributed by atoms with Gasteiger partial charge in [0, 0.05) is 24.2 Å². The summed E-state index contributed by atoms with van der Waals surface area (Å²) in [5.41, 5.74) is 5.58. The molecule has 1 fully saturated rings. The summed E-state index contributed by atoms with van der Waals surface area (Å²) in [5, 5.41) is 2.23. The summed E-state index contributed by atoms with van der Waals surface area (Å²) in [6.45, 7) is 4.49. The Hall–Kier alpha value is -1.40. The molecule has 0 unspecified atom stereocenters. The average Bonchev–Trinajstić information content (AvgIpc) is 3.43. The van der Waals surface area contributed by atoms with Crippen molar-refractivity contribution in [2.45, 2.75) is 63.4 Å². The number of fused-ring (bicyclic) bond motifs is 5. The monoisotopic (exact) mass is 398 g/mol. The Morgan fingerprint density at radius 3 is 2.63 bits per heavy atom. The lowest BCUT2D eigenvalue weighted by atomic mass is 10.0. The van der Waals surface area contributed by atoms with Crippen LogP contribution in [0.3, 0.4) is 0 Å². The first kappa shape index (κ1) is 17.7. The summed E-state index contributed by atoms with van der Waals surface area (Å²) in [4.78, 5) is 18.7.